The molecule has 5 heteroatoms. The highest BCUT2D eigenvalue weighted by molar-refractivity contribution is 5.94. The number of carbonyl (C=O) groups is 2. The lowest BCUT2D eigenvalue weighted by Gasteiger charge is -2.09. The van der Waals surface area contributed by atoms with Crippen molar-refractivity contribution in [3.8, 4) is 11.5 Å². The Balaban J connectivity index is 3.40. The molecule has 5 nitrogen and oxygen atoms in total. The third-order valence-corrected chi connectivity index (χ3v) is 1.91. The molecule has 1 aromatic rings. The summed E-state index contributed by atoms with van der Waals surface area (Å²) in [5.74, 6) is -0.714. The largest absolute Gasteiger partial charge is 0.496 e. The first-order valence-corrected chi connectivity index (χ1v) is 4.08. The van der Waals surface area contributed by atoms with Crippen LogP contribution in [0, 0.1) is 0 Å². The molecular weight excluding hydrogens is 200 g/mol. The number of benzene rings is 1. The molecule has 0 aliphatic rings. The average molecular weight is 210 g/mol. The molecule has 0 aliphatic heterocycles. The molecule has 0 radical (unpaired) electrons. The maximum absolute atomic E-state index is 10.8. The van der Waals surface area contributed by atoms with Gasteiger partial charge in [0.15, 0.2) is 6.29 Å². The molecule has 0 atom stereocenters. The molecule has 0 saturated carbocycles. The Kier molecular flexibility index (Phi) is 3.28. The minimum atomic E-state index is -1.15. The number of carboxylic acids is 1. The number of rotatable bonds is 4. The number of carbonyl (C=O) groups excluding carboxylic acids is 1. The molecule has 1 N–H and O–H groups in total. The van der Waals surface area contributed by atoms with E-state index in [0.29, 0.717) is 6.29 Å². The Morgan fingerprint density at radius 3 is 2.27 bits per heavy atom. The fourth-order valence-corrected chi connectivity index (χ4v) is 1.18. The van der Waals surface area contributed by atoms with Gasteiger partial charge in [0.1, 0.15) is 17.1 Å². The quantitative estimate of drug-likeness (QED) is 0.756. The lowest BCUT2D eigenvalue weighted by Crippen LogP contribution is -2.03. The van der Waals surface area contributed by atoms with Crippen LogP contribution in [0.5, 0.6) is 11.5 Å². The third kappa shape index (κ3) is 2.07. The predicted molar refractivity (Wildman–Crippen MR) is 51.9 cm³/mol. The summed E-state index contributed by atoms with van der Waals surface area (Å²) in [6.45, 7) is 0. The molecule has 0 saturated heterocycles. The first kappa shape index (κ1) is 11.0. The van der Waals surface area contributed by atoms with Crippen molar-refractivity contribution in [1.82, 2.24) is 0 Å². The minimum Gasteiger partial charge on any atom is -0.496 e. The van der Waals surface area contributed by atoms with Gasteiger partial charge in [0.05, 0.1) is 19.8 Å². The number of ether oxygens (including phenoxy) is 2. The van der Waals surface area contributed by atoms with Crippen LogP contribution in [0.15, 0.2) is 12.1 Å². The number of aromatic carboxylic acids is 1. The van der Waals surface area contributed by atoms with Gasteiger partial charge in [0.25, 0.3) is 0 Å². The van der Waals surface area contributed by atoms with Crippen molar-refractivity contribution in [2.75, 3.05) is 14.2 Å². The smallest absolute Gasteiger partial charge is 0.339 e. The molecule has 1 rings (SSSR count). The minimum absolute atomic E-state index is 0.0691. The lowest BCUT2D eigenvalue weighted by molar-refractivity contribution is 0.0693. The zero-order valence-electron chi connectivity index (χ0n) is 8.31. The van der Waals surface area contributed by atoms with Gasteiger partial charge in [-0.15, -0.1) is 0 Å². The van der Waals surface area contributed by atoms with E-state index in [2.05, 4.69) is 0 Å². The summed E-state index contributed by atoms with van der Waals surface area (Å²) in [6, 6.07) is 2.58. The lowest BCUT2D eigenvalue weighted by atomic mass is 10.1. The zero-order chi connectivity index (χ0) is 11.4. The van der Waals surface area contributed by atoms with Crippen molar-refractivity contribution < 1.29 is 24.2 Å². The van der Waals surface area contributed by atoms with E-state index in [-0.39, 0.29) is 22.6 Å². The van der Waals surface area contributed by atoms with E-state index < -0.39 is 5.97 Å². The van der Waals surface area contributed by atoms with Gasteiger partial charge < -0.3 is 14.6 Å². The van der Waals surface area contributed by atoms with Crippen LogP contribution in [0.1, 0.15) is 20.7 Å². The van der Waals surface area contributed by atoms with Crippen LogP contribution >= 0.6 is 0 Å². The molecule has 1 aromatic carbocycles. The molecule has 0 bridgehead atoms. The average Bonchev–Trinajstić information content (AvgIpc) is 2.26. The molecule has 0 amide bonds. The van der Waals surface area contributed by atoms with Crippen molar-refractivity contribution in [2.45, 2.75) is 0 Å². The Bertz CT molecular complexity index is 397. The normalized spacial score (nSPS) is 9.47. The van der Waals surface area contributed by atoms with Gasteiger partial charge in [-0.25, -0.2) is 4.79 Å². The summed E-state index contributed by atoms with van der Waals surface area (Å²) in [6.07, 6.45) is 0.532. The number of hydrogen-bond donors (Lipinski definition) is 1. The van der Waals surface area contributed by atoms with Crippen LogP contribution in [0.25, 0.3) is 0 Å². The summed E-state index contributed by atoms with van der Waals surface area (Å²) in [7, 11) is 2.74. The molecule has 15 heavy (non-hydrogen) atoms. The summed E-state index contributed by atoms with van der Waals surface area (Å²) in [4.78, 5) is 21.5. The molecule has 0 aliphatic carbocycles. The second kappa shape index (κ2) is 4.45. The maximum Gasteiger partial charge on any atom is 0.339 e. The first-order chi connectivity index (χ1) is 7.13. The molecule has 0 unspecified atom stereocenters. The summed E-state index contributed by atoms with van der Waals surface area (Å²) in [5, 5.41) is 8.84. The van der Waals surface area contributed by atoms with E-state index in [1.165, 1.54) is 26.4 Å². The van der Waals surface area contributed by atoms with Gasteiger partial charge in [0, 0.05) is 6.07 Å². The van der Waals surface area contributed by atoms with Crippen LogP contribution in [0.2, 0.25) is 0 Å². The number of methoxy groups -OCH3 is 2. The molecular formula is C10H10O5. The fourth-order valence-electron chi connectivity index (χ4n) is 1.18. The number of hydrogen-bond acceptors (Lipinski definition) is 4. The van der Waals surface area contributed by atoms with Gasteiger partial charge in [-0.3, -0.25) is 4.79 Å². The molecule has 0 aromatic heterocycles. The summed E-state index contributed by atoms with van der Waals surface area (Å²) in [5.41, 5.74) is 0.108. The van der Waals surface area contributed by atoms with Crippen LogP contribution in [-0.4, -0.2) is 31.6 Å². The second-order valence-electron chi connectivity index (χ2n) is 2.72. The maximum atomic E-state index is 10.8. The van der Waals surface area contributed by atoms with Crippen molar-refractivity contribution in [3.05, 3.63) is 23.3 Å². The molecule has 0 fully saturated rings. The highest BCUT2D eigenvalue weighted by atomic mass is 16.5. The third-order valence-electron chi connectivity index (χ3n) is 1.91. The number of aldehydes is 1. The summed E-state index contributed by atoms with van der Waals surface area (Å²) >= 11 is 0. The van der Waals surface area contributed by atoms with Crippen molar-refractivity contribution in [2.24, 2.45) is 0 Å². The van der Waals surface area contributed by atoms with Crippen LogP contribution < -0.4 is 9.47 Å². The van der Waals surface area contributed by atoms with Gasteiger partial charge in [-0.05, 0) is 6.07 Å². The van der Waals surface area contributed by atoms with Crippen molar-refractivity contribution in [3.63, 3.8) is 0 Å². The van der Waals surface area contributed by atoms with Gasteiger partial charge >= 0.3 is 5.97 Å². The van der Waals surface area contributed by atoms with Gasteiger partial charge in [0.2, 0.25) is 0 Å². The Hall–Kier alpha value is -2.04. The first-order valence-electron chi connectivity index (χ1n) is 4.08. The predicted octanol–water partition coefficient (Wildman–Crippen LogP) is 1.21. The van der Waals surface area contributed by atoms with Gasteiger partial charge in [-0.1, -0.05) is 0 Å². The van der Waals surface area contributed by atoms with Gasteiger partial charge in [-0.2, -0.15) is 0 Å². The Morgan fingerprint density at radius 2 is 1.87 bits per heavy atom. The highest BCUT2D eigenvalue weighted by Gasteiger charge is 2.15. The Labute approximate surface area is 86.2 Å². The van der Waals surface area contributed by atoms with E-state index in [4.69, 9.17) is 14.6 Å². The fraction of sp³-hybridized carbons (Fsp3) is 0.200. The topological polar surface area (TPSA) is 72.8 Å². The monoisotopic (exact) mass is 210 g/mol. The van der Waals surface area contributed by atoms with E-state index in [9.17, 15) is 9.59 Å². The zero-order valence-corrected chi connectivity index (χ0v) is 8.31. The van der Waals surface area contributed by atoms with E-state index in [1.807, 2.05) is 0 Å². The second-order valence-corrected chi connectivity index (χ2v) is 2.72. The van der Waals surface area contributed by atoms with E-state index in [0.717, 1.165) is 0 Å². The molecule has 0 heterocycles. The molecule has 0 spiro atoms. The van der Waals surface area contributed by atoms with Crippen molar-refractivity contribution in [1.29, 1.82) is 0 Å². The van der Waals surface area contributed by atoms with E-state index in [1.54, 1.807) is 0 Å². The number of carboxylic acid groups (broad SMARTS) is 1. The Morgan fingerprint density at radius 1 is 1.27 bits per heavy atom. The van der Waals surface area contributed by atoms with Crippen LogP contribution in [0.3, 0.4) is 0 Å². The van der Waals surface area contributed by atoms with Crippen molar-refractivity contribution >= 4 is 12.3 Å². The highest BCUT2D eigenvalue weighted by Crippen LogP contribution is 2.27. The SMILES string of the molecule is COc1cc(OC)c(C(=O)O)cc1C=O. The molecule has 80 valence electrons. The standard InChI is InChI=1S/C10H10O5/c1-14-8-4-9(15-2)7(10(12)13)3-6(8)5-11/h3-5H,1-2H3,(H,12,13). The summed E-state index contributed by atoms with van der Waals surface area (Å²) < 4.78 is 9.78. The van der Waals surface area contributed by atoms with Crippen LogP contribution in [-0.2, 0) is 0 Å². The van der Waals surface area contributed by atoms with E-state index >= 15 is 0 Å². The van der Waals surface area contributed by atoms with Crippen LogP contribution in [0.4, 0.5) is 0 Å².